The quantitative estimate of drug-likeness (QED) is 0.286. The number of amides is 4. The number of urea groups is 1. The largest absolute Gasteiger partial charge is 0.471 e. The SMILES string of the molecule is CCCN(CCC)c1cc2c(cc1NC(=O)Nc1ccc(SC)cc1)NC(=O)[C@@H](NC(=O)C(F)(F)F)CS2. The zero-order valence-corrected chi connectivity index (χ0v) is 22.8. The number of anilines is 4. The number of thioether (sulfide) groups is 2. The van der Waals surface area contributed by atoms with E-state index in [1.165, 1.54) is 0 Å². The molecular formula is C25H30F3N5O3S2. The number of fused-ring (bicyclic) bond motifs is 1. The van der Waals surface area contributed by atoms with Crippen LogP contribution < -0.4 is 26.2 Å². The van der Waals surface area contributed by atoms with Gasteiger partial charge in [-0.2, -0.15) is 13.2 Å². The minimum atomic E-state index is -5.10. The van der Waals surface area contributed by atoms with Crippen LogP contribution in [0.15, 0.2) is 46.2 Å². The smallest absolute Gasteiger partial charge is 0.370 e. The van der Waals surface area contributed by atoms with Crippen LogP contribution in [0.3, 0.4) is 0 Å². The molecule has 0 saturated carbocycles. The molecule has 0 radical (unpaired) electrons. The molecule has 3 rings (SSSR count). The first kappa shape index (κ1) is 29.5. The maximum absolute atomic E-state index is 12.9. The maximum atomic E-state index is 12.9. The average molecular weight is 570 g/mol. The van der Waals surface area contributed by atoms with Crippen LogP contribution >= 0.6 is 23.5 Å². The Balaban J connectivity index is 1.90. The van der Waals surface area contributed by atoms with Crippen molar-refractivity contribution in [2.75, 3.05) is 45.9 Å². The van der Waals surface area contributed by atoms with Crippen LogP contribution in [-0.4, -0.2) is 55.2 Å². The van der Waals surface area contributed by atoms with Gasteiger partial charge >= 0.3 is 18.1 Å². The number of hydrogen-bond donors (Lipinski definition) is 4. The van der Waals surface area contributed by atoms with Crippen molar-refractivity contribution in [2.45, 2.75) is 48.7 Å². The summed E-state index contributed by atoms with van der Waals surface area (Å²) in [5.41, 5.74) is 2.09. The number of nitrogens with one attached hydrogen (secondary N) is 4. The molecule has 0 aromatic heterocycles. The summed E-state index contributed by atoms with van der Waals surface area (Å²) < 4.78 is 38.2. The van der Waals surface area contributed by atoms with Crippen LogP contribution in [0.5, 0.6) is 0 Å². The standard InChI is InChI=1S/C25H30F3N5O3S2/c1-4-10-33(11-5-2)20-13-21-18(30-22(34)19(14-38-21)31-23(35)25(26,27)28)12-17(20)32-24(36)29-15-6-8-16(37-3)9-7-15/h6-9,12-13,19H,4-5,10-11,14H2,1-3H3,(H,30,34)(H,31,35)(H2,29,32,36)/t19-/m0/s1. The first-order valence-corrected chi connectivity index (χ1v) is 14.2. The highest BCUT2D eigenvalue weighted by molar-refractivity contribution is 7.99. The molecule has 0 unspecified atom stereocenters. The number of nitrogens with zero attached hydrogens (tertiary/aromatic N) is 1. The Kier molecular flexibility index (Phi) is 10.2. The highest BCUT2D eigenvalue weighted by Gasteiger charge is 2.41. The number of benzene rings is 2. The lowest BCUT2D eigenvalue weighted by molar-refractivity contribution is -0.174. The van der Waals surface area contributed by atoms with Gasteiger partial charge in [-0.15, -0.1) is 23.5 Å². The number of hydrogen-bond acceptors (Lipinski definition) is 6. The molecule has 2 aromatic carbocycles. The topological polar surface area (TPSA) is 103 Å². The fourth-order valence-corrected chi connectivity index (χ4v) is 5.27. The Morgan fingerprint density at radius 3 is 2.34 bits per heavy atom. The van der Waals surface area contributed by atoms with Gasteiger partial charge in [-0.05, 0) is 55.5 Å². The van der Waals surface area contributed by atoms with E-state index in [4.69, 9.17) is 0 Å². The van der Waals surface area contributed by atoms with Crippen LogP contribution in [0, 0.1) is 0 Å². The molecule has 4 N–H and O–H groups in total. The Labute approximate surface area is 227 Å². The molecular weight excluding hydrogens is 539 g/mol. The van der Waals surface area contributed by atoms with E-state index in [1.54, 1.807) is 35.3 Å². The molecule has 0 aliphatic carbocycles. The van der Waals surface area contributed by atoms with Crippen molar-refractivity contribution >= 4 is 64.1 Å². The highest BCUT2D eigenvalue weighted by atomic mass is 32.2. The third kappa shape index (κ3) is 7.73. The normalized spacial score (nSPS) is 15.1. The van der Waals surface area contributed by atoms with Crippen molar-refractivity contribution < 1.29 is 27.6 Å². The van der Waals surface area contributed by atoms with E-state index in [-0.39, 0.29) is 5.75 Å². The zero-order valence-electron chi connectivity index (χ0n) is 21.2. The maximum Gasteiger partial charge on any atom is 0.471 e. The van der Waals surface area contributed by atoms with Crippen LogP contribution in [-0.2, 0) is 9.59 Å². The minimum absolute atomic E-state index is 0.0824. The van der Waals surface area contributed by atoms with Crippen LogP contribution in [0.1, 0.15) is 26.7 Å². The summed E-state index contributed by atoms with van der Waals surface area (Å²) in [5.74, 6) is -3.03. The molecule has 1 atom stereocenters. The molecule has 38 heavy (non-hydrogen) atoms. The second kappa shape index (κ2) is 13.1. The van der Waals surface area contributed by atoms with Gasteiger partial charge in [0.25, 0.3) is 0 Å². The van der Waals surface area contributed by atoms with Crippen LogP contribution in [0.25, 0.3) is 0 Å². The van der Waals surface area contributed by atoms with E-state index >= 15 is 0 Å². The molecule has 13 heteroatoms. The van der Waals surface area contributed by atoms with Crippen molar-refractivity contribution in [2.24, 2.45) is 0 Å². The van der Waals surface area contributed by atoms with Crippen molar-refractivity contribution in [1.82, 2.24) is 5.32 Å². The summed E-state index contributed by atoms with van der Waals surface area (Å²) in [4.78, 5) is 40.8. The average Bonchev–Trinajstić information content (AvgIpc) is 3.01. The molecule has 206 valence electrons. The van der Waals surface area contributed by atoms with Gasteiger partial charge < -0.3 is 26.2 Å². The third-order valence-electron chi connectivity index (χ3n) is 5.56. The third-order valence-corrected chi connectivity index (χ3v) is 7.46. The minimum Gasteiger partial charge on any atom is -0.370 e. The van der Waals surface area contributed by atoms with Crippen LogP contribution in [0.2, 0.25) is 0 Å². The first-order valence-electron chi connectivity index (χ1n) is 12.0. The van der Waals surface area contributed by atoms with Crippen molar-refractivity contribution in [3.63, 3.8) is 0 Å². The molecule has 4 amide bonds. The summed E-state index contributed by atoms with van der Waals surface area (Å²) in [6.07, 6.45) is -1.45. The summed E-state index contributed by atoms with van der Waals surface area (Å²) in [7, 11) is 0. The molecule has 1 aliphatic rings. The second-order valence-electron chi connectivity index (χ2n) is 8.48. The number of rotatable bonds is 9. The van der Waals surface area contributed by atoms with Gasteiger partial charge in [-0.3, -0.25) is 9.59 Å². The fraction of sp³-hybridized carbons (Fsp3) is 0.400. The Morgan fingerprint density at radius 2 is 1.76 bits per heavy atom. The molecule has 8 nitrogen and oxygen atoms in total. The van der Waals surface area contributed by atoms with E-state index in [0.29, 0.717) is 35.0 Å². The van der Waals surface area contributed by atoms with Gasteiger partial charge in [-0.25, -0.2) is 4.79 Å². The van der Waals surface area contributed by atoms with Gasteiger partial charge in [0.05, 0.1) is 17.1 Å². The zero-order chi connectivity index (χ0) is 27.9. The Morgan fingerprint density at radius 1 is 1.11 bits per heavy atom. The van der Waals surface area contributed by atoms with E-state index in [9.17, 15) is 27.6 Å². The molecule has 1 aliphatic heterocycles. The molecule has 1 heterocycles. The van der Waals surface area contributed by atoms with Gasteiger partial charge in [0.2, 0.25) is 5.91 Å². The van der Waals surface area contributed by atoms with Gasteiger partial charge in [0, 0.05) is 34.3 Å². The van der Waals surface area contributed by atoms with Gasteiger partial charge in [-0.1, -0.05) is 13.8 Å². The lowest BCUT2D eigenvalue weighted by Crippen LogP contribution is -2.49. The molecule has 0 spiro atoms. The number of carbonyl (C=O) groups is 3. The van der Waals surface area contributed by atoms with E-state index in [0.717, 1.165) is 35.2 Å². The Hall–Kier alpha value is -3.06. The number of carbonyl (C=O) groups excluding carboxylic acids is 3. The van der Waals surface area contributed by atoms with Crippen LogP contribution in [0.4, 0.5) is 40.7 Å². The van der Waals surface area contributed by atoms with E-state index in [2.05, 4.69) is 20.9 Å². The molecule has 0 bridgehead atoms. The predicted octanol–water partition coefficient (Wildman–Crippen LogP) is 5.77. The molecule has 0 fully saturated rings. The number of alkyl halides is 3. The summed E-state index contributed by atoms with van der Waals surface area (Å²) in [6.45, 7) is 5.49. The highest BCUT2D eigenvalue weighted by Crippen LogP contribution is 2.40. The van der Waals surface area contributed by atoms with Crippen molar-refractivity contribution in [3.05, 3.63) is 36.4 Å². The Bertz CT molecular complexity index is 1160. The van der Waals surface area contributed by atoms with E-state index < -0.39 is 30.1 Å². The predicted molar refractivity (Wildman–Crippen MR) is 147 cm³/mol. The number of halogens is 3. The lowest BCUT2D eigenvalue weighted by Gasteiger charge is -2.28. The monoisotopic (exact) mass is 569 g/mol. The van der Waals surface area contributed by atoms with Gasteiger partial charge in [0.1, 0.15) is 6.04 Å². The molecule has 2 aromatic rings. The lowest BCUT2D eigenvalue weighted by atomic mass is 10.2. The summed E-state index contributed by atoms with van der Waals surface area (Å²) in [6, 6.07) is 8.89. The molecule has 0 saturated heterocycles. The summed E-state index contributed by atoms with van der Waals surface area (Å²) in [5, 5.41) is 10.0. The first-order chi connectivity index (χ1) is 18.0. The van der Waals surface area contributed by atoms with Crippen molar-refractivity contribution in [1.29, 1.82) is 0 Å². The van der Waals surface area contributed by atoms with Gasteiger partial charge in [0.15, 0.2) is 0 Å². The summed E-state index contributed by atoms with van der Waals surface area (Å²) >= 11 is 2.74. The second-order valence-corrected chi connectivity index (χ2v) is 10.4. The van der Waals surface area contributed by atoms with Crippen molar-refractivity contribution in [3.8, 4) is 0 Å². The van der Waals surface area contributed by atoms with E-state index in [1.807, 2.05) is 38.3 Å². The fourth-order valence-electron chi connectivity index (χ4n) is 3.82.